The number of aromatic nitrogens is 2. The number of hydrogen-bond acceptors (Lipinski definition) is 6. The number of aryl methyl sites for hydroxylation is 1. The predicted molar refractivity (Wildman–Crippen MR) is 134 cm³/mol. The molecule has 176 valence electrons. The van der Waals surface area contributed by atoms with Gasteiger partial charge in [0.2, 0.25) is 0 Å². The zero-order valence-electron chi connectivity index (χ0n) is 19.9. The maximum atomic E-state index is 5.63. The highest BCUT2D eigenvalue weighted by Crippen LogP contribution is 2.25. The fourth-order valence-corrected chi connectivity index (χ4v) is 4.42. The van der Waals surface area contributed by atoms with E-state index in [1.54, 1.807) is 7.11 Å². The third-order valence-corrected chi connectivity index (χ3v) is 6.14. The minimum Gasteiger partial charge on any atom is -0.494 e. The summed E-state index contributed by atoms with van der Waals surface area (Å²) in [6, 6.07) is 17.5. The lowest BCUT2D eigenvalue weighted by molar-refractivity contribution is 0.204. The summed E-state index contributed by atoms with van der Waals surface area (Å²) in [5.74, 6) is 1.90. The van der Waals surface area contributed by atoms with Crippen molar-refractivity contribution in [2.24, 2.45) is 0 Å². The zero-order chi connectivity index (χ0) is 23.0. The minimum absolute atomic E-state index is 0.351. The van der Waals surface area contributed by atoms with Gasteiger partial charge in [0.25, 0.3) is 0 Å². The maximum absolute atomic E-state index is 5.63. The van der Waals surface area contributed by atoms with Crippen molar-refractivity contribution in [1.29, 1.82) is 0 Å². The van der Waals surface area contributed by atoms with Crippen molar-refractivity contribution < 1.29 is 9.47 Å². The number of imidazole rings is 1. The van der Waals surface area contributed by atoms with E-state index < -0.39 is 0 Å². The SMILES string of the molecule is CCOc1ccc(N2CCNCC2CN(CCOC)c2ccc(-n3ccnc3C)cc2)cc1. The van der Waals surface area contributed by atoms with Crippen LogP contribution >= 0.6 is 0 Å². The highest BCUT2D eigenvalue weighted by molar-refractivity contribution is 5.54. The van der Waals surface area contributed by atoms with Gasteiger partial charge in [-0.2, -0.15) is 0 Å². The van der Waals surface area contributed by atoms with Gasteiger partial charge in [0, 0.05) is 69.3 Å². The van der Waals surface area contributed by atoms with Crippen LogP contribution in [0, 0.1) is 6.92 Å². The van der Waals surface area contributed by atoms with Crippen molar-refractivity contribution in [3.8, 4) is 11.4 Å². The highest BCUT2D eigenvalue weighted by Gasteiger charge is 2.25. The topological polar surface area (TPSA) is 54.8 Å². The van der Waals surface area contributed by atoms with Crippen LogP contribution in [0.15, 0.2) is 60.9 Å². The number of nitrogens with one attached hydrogen (secondary N) is 1. The Morgan fingerprint density at radius 3 is 2.52 bits per heavy atom. The fourth-order valence-electron chi connectivity index (χ4n) is 4.42. The molecule has 1 unspecified atom stereocenters. The van der Waals surface area contributed by atoms with Crippen LogP contribution in [-0.4, -0.2) is 68.6 Å². The summed E-state index contributed by atoms with van der Waals surface area (Å²) in [5, 5.41) is 3.58. The Morgan fingerprint density at radius 2 is 1.85 bits per heavy atom. The Labute approximate surface area is 196 Å². The molecule has 1 aliphatic heterocycles. The average Bonchev–Trinajstić information content (AvgIpc) is 3.29. The number of benzene rings is 2. The molecule has 0 radical (unpaired) electrons. The van der Waals surface area contributed by atoms with Gasteiger partial charge >= 0.3 is 0 Å². The molecule has 0 saturated carbocycles. The first-order chi connectivity index (χ1) is 16.2. The maximum Gasteiger partial charge on any atom is 0.119 e. The van der Waals surface area contributed by atoms with E-state index in [1.165, 1.54) is 11.4 Å². The summed E-state index contributed by atoms with van der Waals surface area (Å²) in [7, 11) is 1.76. The minimum atomic E-state index is 0.351. The van der Waals surface area contributed by atoms with Crippen LogP contribution < -0.4 is 19.9 Å². The molecule has 33 heavy (non-hydrogen) atoms. The number of rotatable bonds is 10. The van der Waals surface area contributed by atoms with Gasteiger partial charge in [0.05, 0.1) is 19.3 Å². The third-order valence-electron chi connectivity index (χ3n) is 6.14. The first-order valence-electron chi connectivity index (χ1n) is 11.7. The number of ether oxygens (including phenoxy) is 2. The Morgan fingerprint density at radius 1 is 1.09 bits per heavy atom. The van der Waals surface area contributed by atoms with Crippen LogP contribution in [0.1, 0.15) is 12.7 Å². The van der Waals surface area contributed by atoms with Crippen molar-refractivity contribution >= 4 is 11.4 Å². The van der Waals surface area contributed by atoms with E-state index in [0.717, 1.165) is 50.0 Å². The van der Waals surface area contributed by atoms with Gasteiger partial charge in [-0.3, -0.25) is 0 Å². The van der Waals surface area contributed by atoms with Gasteiger partial charge < -0.3 is 29.2 Å². The molecule has 0 aliphatic carbocycles. The first-order valence-corrected chi connectivity index (χ1v) is 11.7. The smallest absolute Gasteiger partial charge is 0.119 e. The molecule has 2 heterocycles. The molecule has 1 N–H and O–H groups in total. The standard InChI is InChI=1S/C26H35N5O2/c1-4-33-26-11-9-24(10-12-26)31-15-13-27-19-25(31)20-29(17-18-32-3)22-5-7-23(8-6-22)30-16-14-28-21(30)2/h5-12,14,16,25,27H,4,13,15,17-20H2,1-3H3. The van der Waals surface area contributed by atoms with Gasteiger partial charge in [-0.15, -0.1) is 0 Å². The quantitative estimate of drug-likeness (QED) is 0.511. The van der Waals surface area contributed by atoms with Crippen LogP contribution in [0.4, 0.5) is 11.4 Å². The second kappa shape index (κ2) is 11.2. The van der Waals surface area contributed by atoms with Crippen LogP contribution in [0.3, 0.4) is 0 Å². The van der Waals surface area contributed by atoms with E-state index >= 15 is 0 Å². The molecule has 2 aromatic carbocycles. The van der Waals surface area contributed by atoms with E-state index in [0.29, 0.717) is 19.3 Å². The molecular formula is C26H35N5O2. The Kier molecular flexibility index (Phi) is 7.86. The Balaban J connectivity index is 1.52. The number of hydrogen-bond donors (Lipinski definition) is 1. The van der Waals surface area contributed by atoms with Crippen LogP contribution in [0.5, 0.6) is 5.75 Å². The lowest BCUT2D eigenvalue weighted by atomic mass is 10.1. The van der Waals surface area contributed by atoms with Gasteiger partial charge in [0.1, 0.15) is 11.6 Å². The summed E-state index contributed by atoms with van der Waals surface area (Å²) in [6.45, 7) is 10.1. The van der Waals surface area contributed by atoms with Gasteiger partial charge in [0.15, 0.2) is 0 Å². The number of anilines is 2. The molecule has 4 rings (SSSR count). The molecule has 1 aromatic heterocycles. The summed E-state index contributed by atoms with van der Waals surface area (Å²) in [4.78, 5) is 9.27. The van der Waals surface area contributed by atoms with Crippen molar-refractivity contribution in [3.63, 3.8) is 0 Å². The van der Waals surface area contributed by atoms with Crippen LogP contribution in [0.2, 0.25) is 0 Å². The molecule has 0 bridgehead atoms. The molecule has 0 amide bonds. The molecule has 1 atom stereocenters. The van der Waals surface area contributed by atoms with E-state index in [2.05, 4.69) is 73.2 Å². The Bertz CT molecular complexity index is 987. The zero-order valence-corrected chi connectivity index (χ0v) is 19.9. The molecule has 0 spiro atoms. The highest BCUT2D eigenvalue weighted by atomic mass is 16.5. The summed E-state index contributed by atoms with van der Waals surface area (Å²) in [5.41, 5.74) is 3.56. The monoisotopic (exact) mass is 449 g/mol. The van der Waals surface area contributed by atoms with Crippen LogP contribution in [0.25, 0.3) is 5.69 Å². The lowest BCUT2D eigenvalue weighted by Crippen LogP contribution is -2.56. The summed E-state index contributed by atoms with van der Waals surface area (Å²) >= 11 is 0. The Hall–Kier alpha value is -3.03. The molecule has 7 heteroatoms. The van der Waals surface area contributed by atoms with E-state index in [-0.39, 0.29) is 0 Å². The van der Waals surface area contributed by atoms with Crippen LogP contribution in [-0.2, 0) is 4.74 Å². The third kappa shape index (κ3) is 5.67. The first kappa shape index (κ1) is 23.1. The average molecular weight is 450 g/mol. The second-order valence-electron chi connectivity index (χ2n) is 8.28. The van der Waals surface area contributed by atoms with E-state index in [4.69, 9.17) is 9.47 Å². The van der Waals surface area contributed by atoms with E-state index in [1.807, 2.05) is 26.2 Å². The van der Waals surface area contributed by atoms with Crippen molar-refractivity contribution in [3.05, 3.63) is 66.7 Å². The normalized spacial score (nSPS) is 16.1. The molecule has 1 saturated heterocycles. The van der Waals surface area contributed by atoms with Crippen molar-refractivity contribution in [2.75, 3.05) is 62.8 Å². The van der Waals surface area contributed by atoms with Gasteiger partial charge in [-0.25, -0.2) is 4.98 Å². The molecule has 7 nitrogen and oxygen atoms in total. The lowest BCUT2D eigenvalue weighted by Gasteiger charge is -2.41. The fraction of sp³-hybridized carbons (Fsp3) is 0.423. The largest absolute Gasteiger partial charge is 0.494 e. The summed E-state index contributed by atoms with van der Waals surface area (Å²) < 4.78 is 13.2. The second-order valence-corrected chi connectivity index (χ2v) is 8.28. The van der Waals surface area contributed by atoms with Gasteiger partial charge in [-0.1, -0.05) is 0 Å². The molecule has 3 aromatic rings. The summed E-state index contributed by atoms with van der Waals surface area (Å²) in [6.07, 6.45) is 3.83. The number of methoxy groups -OCH3 is 1. The molecule has 1 fully saturated rings. The molecule has 1 aliphatic rings. The predicted octanol–water partition coefficient (Wildman–Crippen LogP) is 3.51. The molecular weight excluding hydrogens is 414 g/mol. The van der Waals surface area contributed by atoms with E-state index in [9.17, 15) is 0 Å². The van der Waals surface area contributed by atoms with Crippen molar-refractivity contribution in [1.82, 2.24) is 14.9 Å². The van der Waals surface area contributed by atoms with Gasteiger partial charge in [-0.05, 0) is 62.4 Å². The van der Waals surface area contributed by atoms with Crippen molar-refractivity contribution in [2.45, 2.75) is 19.9 Å². The number of nitrogens with zero attached hydrogens (tertiary/aromatic N) is 4. The number of piperazine rings is 1.